The number of nitrogens with zero attached hydrogens (tertiary/aromatic N) is 3. The first kappa shape index (κ1) is 5.61. The lowest BCUT2D eigenvalue weighted by atomic mass is 10.3. The molecular formula is C6H4N3S. The van der Waals surface area contributed by atoms with Crippen molar-refractivity contribution >= 4 is 23.5 Å². The summed E-state index contributed by atoms with van der Waals surface area (Å²) in [6, 6.07) is 1.97. The van der Waals surface area contributed by atoms with E-state index >= 15 is 0 Å². The molecule has 1 radical (unpaired) electrons. The summed E-state index contributed by atoms with van der Waals surface area (Å²) in [5.41, 5.74) is 4.67. The summed E-state index contributed by atoms with van der Waals surface area (Å²) in [4.78, 5) is 3.94. The minimum absolute atomic E-state index is 0.709. The van der Waals surface area contributed by atoms with E-state index in [1.807, 2.05) is 16.8 Å². The van der Waals surface area contributed by atoms with Crippen molar-refractivity contribution in [2.75, 3.05) is 0 Å². The molecule has 0 amide bonds. The molecule has 0 bridgehead atoms. The molecular weight excluding hydrogens is 146 g/mol. The molecule has 2 heterocycles. The third-order valence-electron chi connectivity index (χ3n) is 1.16. The molecule has 1 aromatic heterocycles. The largest absolute Gasteiger partial charge is 0.213 e. The zero-order valence-electron chi connectivity index (χ0n) is 5.06. The molecule has 1 aliphatic rings. The standard InChI is InChI=1S/C6H4N3S/c1-2-10-3-5(1)6-7-4-8-9-6/h1-4H. The molecule has 49 valence electrons. The minimum Gasteiger partial charge on any atom is -0.213 e. The highest BCUT2D eigenvalue weighted by molar-refractivity contribution is 7.08. The number of amidine groups is 1. The number of thiophene rings is 1. The van der Waals surface area contributed by atoms with Crippen LogP contribution in [0.2, 0.25) is 0 Å². The SMILES string of the molecule is C1=NC(c2ccsc2)=N[N]1. The normalized spacial score (nSPS) is 15.0. The van der Waals surface area contributed by atoms with Gasteiger partial charge in [0.05, 0.1) is 0 Å². The molecule has 4 heteroatoms. The molecule has 0 N–H and O–H groups in total. The average molecular weight is 150 g/mol. The summed E-state index contributed by atoms with van der Waals surface area (Å²) in [6.45, 7) is 0. The van der Waals surface area contributed by atoms with Gasteiger partial charge in [-0.3, -0.25) is 0 Å². The van der Waals surface area contributed by atoms with Gasteiger partial charge in [0, 0.05) is 10.9 Å². The second-order valence-electron chi connectivity index (χ2n) is 1.80. The van der Waals surface area contributed by atoms with Crippen molar-refractivity contribution in [3.8, 4) is 0 Å². The van der Waals surface area contributed by atoms with E-state index in [1.54, 1.807) is 11.3 Å². The Kier molecular flexibility index (Phi) is 1.25. The van der Waals surface area contributed by atoms with Crippen molar-refractivity contribution in [1.29, 1.82) is 0 Å². The van der Waals surface area contributed by atoms with Crippen LogP contribution in [0.25, 0.3) is 0 Å². The first-order valence-electron chi connectivity index (χ1n) is 2.80. The maximum Gasteiger partial charge on any atom is 0.184 e. The van der Waals surface area contributed by atoms with Crippen LogP contribution in [0.3, 0.4) is 0 Å². The molecule has 0 aliphatic carbocycles. The maximum atomic E-state index is 3.94. The molecule has 1 aliphatic heterocycles. The van der Waals surface area contributed by atoms with E-state index in [9.17, 15) is 0 Å². The van der Waals surface area contributed by atoms with E-state index in [1.165, 1.54) is 6.34 Å². The van der Waals surface area contributed by atoms with Crippen LogP contribution >= 0.6 is 11.3 Å². The monoisotopic (exact) mass is 150 g/mol. The number of hydrogen-bond acceptors (Lipinski definition) is 3. The Labute approximate surface area is 62.1 Å². The van der Waals surface area contributed by atoms with Crippen molar-refractivity contribution in [2.45, 2.75) is 0 Å². The summed E-state index contributed by atoms with van der Waals surface area (Å²) >= 11 is 1.63. The fourth-order valence-corrected chi connectivity index (χ4v) is 1.35. The molecule has 0 unspecified atom stereocenters. The Balaban J connectivity index is 2.36. The highest BCUT2D eigenvalue weighted by Crippen LogP contribution is 2.08. The first-order chi connectivity index (χ1) is 4.97. The van der Waals surface area contributed by atoms with Crippen molar-refractivity contribution in [2.24, 2.45) is 10.1 Å². The molecule has 3 nitrogen and oxygen atoms in total. The third-order valence-corrected chi connectivity index (χ3v) is 1.85. The summed E-state index contributed by atoms with van der Waals surface area (Å²) in [5, 5.41) is 7.79. The van der Waals surface area contributed by atoms with Gasteiger partial charge in [-0.1, -0.05) is 0 Å². The van der Waals surface area contributed by atoms with E-state index in [4.69, 9.17) is 0 Å². The molecule has 2 rings (SSSR count). The Morgan fingerprint density at radius 2 is 2.40 bits per heavy atom. The van der Waals surface area contributed by atoms with Crippen molar-refractivity contribution < 1.29 is 0 Å². The highest BCUT2D eigenvalue weighted by atomic mass is 32.1. The minimum atomic E-state index is 0.709. The number of aliphatic imine (C=N–C) groups is 1. The molecule has 0 saturated carbocycles. The van der Waals surface area contributed by atoms with Crippen molar-refractivity contribution in [3.05, 3.63) is 22.4 Å². The maximum absolute atomic E-state index is 3.94. The van der Waals surface area contributed by atoms with Gasteiger partial charge in [-0.25, -0.2) is 4.99 Å². The highest BCUT2D eigenvalue weighted by Gasteiger charge is 2.04. The van der Waals surface area contributed by atoms with E-state index in [-0.39, 0.29) is 0 Å². The number of hydrogen-bond donors (Lipinski definition) is 0. The predicted octanol–water partition coefficient (Wildman–Crippen LogP) is 1.06. The van der Waals surface area contributed by atoms with Gasteiger partial charge in [-0.2, -0.15) is 11.3 Å². The van der Waals surface area contributed by atoms with Crippen LogP contribution in [0.5, 0.6) is 0 Å². The van der Waals surface area contributed by atoms with Gasteiger partial charge in [-0.15, -0.1) is 10.5 Å². The van der Waals surface area contributed by atoms with E-state index < -0.39 is 0 Å². The first-order valence-corrected chi connectivity index (χ1v) is 3.74. The average Bonchev–Trinajstić information content (AvgIpc) is 2.59. The van der Waals surface area contributed by atoms with E-state index in [2.05, 4.69) is 15.5 Å². The topological polar surface area (TPSA) is 38.8 Å². The lowest BCUT2D eigenvalue weighted by Crippen LogP contribution is -1.89. The van der Waals surface area contributed by atoms with Crippen LogP contribution in [0.4, 0.5) is 0 Å². The predicted molar refractivity (Wildman–Crippen MR) is 41.5 cm³/mol. The van der Waals surface area contributed by atoms with Crippen LogP contribution in [0.1, 0.15) is 5.56 Å². The van der Waals surface area contributed by atoms with Gasteiger partial charge in [0.1, 0.15) is 6.34 Å². The summed E-state index contributed by atoms with van der Waals surface area (Å²) in [5.74, 6) is 0.709. The Bertz CT molecular complexity index is 273. The quantitative estimate of drug-likeness (QED) is 0.574. The van der Waals surface area contributed by atoms with Gasteiger partial charge in [0.25, 0.3) is 0 Å². The van der Waals surface area contributed by atoms with Crippen molar-refractivity contribution in [1.82, 2.24) is 5.43 Å². The zero-order chi connectivity index (χ0) is 6.81. The summed E-state index contributed by atoms with van der Waals surface area (Å²) < 4.78 is 0. The van der Waals surface area contributed by atoms with Gasteiger partial charge in [0.2, 0.25) is 0 Å². The lowest BCUT2D eigenvalue weighted by Gasteiger charge is -1.85. The second kappa shape index (κ2) is 2.22. The lowest BCUT2D eigenvalue weighted by molar-refractivity contribution is 1.06. The summed E-state index contributed by atoms with van der Waals surface area (Å²) in [7, 11) is 0. The Hall–Kier alpha value is -1.16. The Morgan fingerprint density at radius 1 is 1.40 bits per heavy atom. The van der Waals surface area contributed by atoms with Gasteiger partial charge in [0.15, 0.2) is 5.84 Å². The van der Waals surface area contributed by atoms with Crippen LogP contribution in [0.15, 0.2) is 26.9 Å². The smallest absolute Gasteiger partial charge is 0.184 e. The van der Waals surface area contributed by atoms with E-state index in [0.717, 1.165) is 5.56 Å². The molecule has 0 spiro atoms. The van der Waals surface area contributed by atoms with Crippen LogP contribution in [-0.2, 0) is 0 Å². The van der Waals surface area contributed by atoms with Gasteiger partial charge in [-0.05, 0) is 11.4 Å². The molecule has 0 fully saturated rings. The van der Waals surface area contributed by atoms with Crippen LogP contribution in [0, 0.1) is 0 Å². The van der Waals surface area contributed by atoms with Crippen LogP contribution < -0.4 is 5.43 Å². The fraction of sp³-hybridized carbons (Fsp3) is 0. The van der Waals surface area contributed by atoms with Crippen LogP contribution in [-0.4, -0.2) is 12.2 Å². The van der Waals surface area contributed by atoms with Gasteiger partial charge >= 0.3 is 0 Å². The van der Waals surface area contributed by atoms with E-state index in [0.29, 0.717) is 5.84 Å². The molecule has 0 aromatic carbocycles. The fourth-order valence-electron chi connectivity index (χ4n) is 0.711. The Morgan fingerprint density at radius 3 is 3.00 bits per heavy atom. The van der Waals surface area contributed by atoms with Crippen molar-refractivity contribution in [3.63, 3.8) is 0 Å². The number of rotatable bonds is 1. The molecule has 10 heavy (non-hydrogen) atoms. The molecule has 0 atom stereocenters. The van der Waals surface area contributed by atoms with Gasteiger partial charge < -0.3 is 0 Å². The summed E-state index contributed by atoms with van der Waals surface area (Å²) in [6.07, 6.45) is 1.45. The molecule has 1 aromatic rings. The zero-order valence-corrected chi connectivity index (χ0v) is 5.88. The third kappa shape index (κ3) is 0.823. The second-order valence-corrected chi connectivity index (χ2v) is 2.58. The molecule has 0 saturated heterocycles.